The van der Waals surface area contributed by atoms with E-state index in [2.05, 4.69) is 0 Å². The summed E-state index contributed by atoms with van der Waals surface area (Å²) in [7, 11) is 0. The number of nitrogens with zero attached hydrogens (tertiary/aromatic N) is 3. The highest BCUT2D eigenvalue weighted by atomic mass is 16.6. The second-order valence-corrected chi connectivity index (χ2v) is 6.12. The number of aliphatic carboxylic acids is 1. The molecule has 2 heterocycles. The van der Waals surface area contributed by atoms with Gasteiger partial charge in [-0.2, -0.15) is 0 Å². The molecule has 1 saturated heterocycles. The standard InChI is InChI=1S/C16H19N3O6/c1-2-25-16(22)17-5-6-18-13-4-3-11(19(23)24)7-10(13)8-12(15(20)21)14(18)9-17/h3-4,7,12,14H,2,5-6,8-9H2,1H3,(H,20,21)/t12-,14-/m1/s1. The van der Waals surface area contributed by atoms with Crippen LogP contribution in [0, 0.1) is 16.0 Å². The van der Waals surface area contributed by atoms with Gasteiger partial charge in [-0.25, -0.2) is 4.79 Å². The maximum Gasteiger partial charge on any atom is 0.409 e. The number of hydrogen-bond acceptors (Lipinski definition) is 6. The molecule has 2 aliphatic heterocycles. The Morgan fingerprint density at radius 3 is 2.80 bits per heavy atom. The minimum absolute atomic E-state index is 0.0495. The summed E-state index contributed by atoms with van der Waals surface area (Å²) in [6.07, 6.45) is -0.245. The smallest absolute Gasteiger partial charge is 0.409 e. The van der Waals surface area contributed by atoms with E-state index in [4.69, 9.17) is 4.74 Å². The minimum Gasteiger partial charge on any atom is -0.481 e. The first-order valence-corrected chi connectivity index (χ1v) is 8.10. The minimum atomic E-state index is -0.974. The number of nitro groups is 1. The Bertz CT molecular complexity index is 722. The zero-order valence-electron chi connectivity index (χ0n) is 13.8. The molecule has 9 heteroatoms. The Kier molecular flexibility index (Phi) is 4.47. The molecule has 3 rings (SSSR count). The molecule has 0 spiro atoms. The fourth-order valence-corrected chi connectivity index (χ4v) is 3.59. The number of nitro benzene ring substituents is 1. The van der Waals surface area contributed by atoms with E-state index >= 15 is 0 Å². The van der Waals surface area contributed by atoms with Crippen molar-refractivity contribution in [1.29, 1.82) is 0 Å². The average molecular weight is 349 g/mol. The molecule has 9 nitrogen and oxygen atoms in total. The van der Waals surface area contributed by atoms with Crippen LogP contribution in [0.5, 0.6) is 0 Å². The highest BCUT2D eigenvalue weighted by Gasteiger charge is 2.43. The van der Waals surface area contributed by atoms with Crippen LogP contribution in [0.15, 0.2) is 18.2 Å². The van der Waals surface area contributed by atoms with Gasteiger partial charge >= 0.3 is 12.1 Å². The van der Waals surface area contributed by atoms with Gasteiger partial charge in [0.05, 0.1) is 23.5 Å². The van der Waals surface area contributed by atoms with Crippen molar-refractivity contribution in [2.75, 3.05) is 31.1 Å². The van der Waals surface area contributed by atoms with Gasteiger partial charge in [-0.1, -0.05) is 0 Å². The first kappa shape index (κ1) is 17.0. The molecule has 0 bridgehead atoms. The fourth-order valence-electron chi connectivity index (χ4n) is 3.59. The lowest BCUT2D eigenvalue weighted by Crippen LogP contribution is -2.61. The van der Waals surface area contributed by atoms with Crippen LogP contribution in [-0.4, -0.2) is 59.3 Å². The summed E-state index contributed by atoms with van der Waals surface area (Å²) in [5.74, 6) is -1.72. The number of amides is 1. The predicted molar refractivity (Wildman–Crippen MR) is 87.7 cm³/mol. The molecule has 2 atom stereocenters. The number of anilines is 1. The number of ether oxygens (including phenoxy) is 1. The molecule has 1 aromatic carbocycles. The Morgan fingerprint density at radius 2 is 2.16 bits per heavy atom. The van der Waals surface area contributed by atoms with Gasteiger partial charge in [0.15, 0.2) is 0 Å². The fraction of sp³-hybridized carbons (Fsp3) is 0.500. The van der Waals surface area contributed by atoms with Gasteiger partial charge in [-0.3, -0.25) is 14.9 Å². The van der Waals surface area contributed by atoms with E-state index in [1.165, 1.54) is 17.0 Å². The summed E-state index contributed by atoms with van der Waals surface area (Å²) >= 11 is 0. The van der Waals surface area contributed by atoms with Gasteiger partial charge in [-0.15, -0.1) is 0 Å². The predicted octanol–water partition coefficient (Wildman–Crippen LogP) is 1.50. The number of non-ortho nitro benzene ring substituents is 1. The van der Waals surface area contributed by atoms with Crippen molar-refractivity contribution >= 4 is 23.4 Å². The highest BCUT2D eigenvalue weighted by molar-refractivity contribution is 5.76. The maximum atomic E-state index is 12.0. The molecule has 134 valence electrons. The summed E-state index contributed by atoms with van der Waals surface area (Å²) < 4.78 is 5.01. The molecule has 0 radical (unpaired) electrons. The van der Waals surface area contributed by atoms with Crippen LogP contribution in [0.25, 0.3) is 0 Å². The van der Waals surface area contributed by atoms with Gasteiger partial charge in [-0.05, 0) is 25.0 Å². The van der Waals surface area contributed by atoms with Crippen LogP contribution in [0.3, 0.4) is 0 Å². The lowest BCUT2D eigenvalue weighted by Gasteiger charge is -2.47. The number of carboxylic acids is 1. The normalized spacial score (nSPS) is 22.0. The quantitative estimate of drug-likeness (QED) is 0.650. The number of carbonyl (C=O) groups excluding carboxylic acids is 1. The summed E-state index contributed by atoms with van der Waals surface area (Å²) in [6, 6.07) is 4.15. The van der Waals surface area contributed by atoms with Gasteiger partial charge in [0.2, 0.25) is 0 Å². The van der Waals surface area contributed by atoms with Crippen LogP contribution in [0.2, 0.25) is 0 Å². The van der Waals surface area contributed by atoms with E-state index in [0.717, 1.165) is 5.69 Å². The van der Waals surface area contributed by atoms with Crippen molar-refractivity contribution in [3.8, 4) is 0 Å². The third kappa shape index (κ3) is 3.09. The molecule has 0 saturated carbocycles. The maximum absolute atomic E-state index is 12.0. The second-order valence-electron chi connectivity index (χ2n) is 6.12. The number of piperazine rings is 1. The summed E-state index contributed by atoms with van der Waals surface area (Å²) in [4.78, 5) is 37.7. The second kappa shape index (κ2) is 6.58. The molecule has 2 aliphatic rings. The zero-order valence-corrected chi connectivity index (χ0v) is 13.8. The molecular formula is C16H19N3O6. The van der Waals surface area contributed by atoms with Crippen LogP contribution >= 0.6 is 0 Å². The molecule has 25 heavy (non-hydrogen) atoms. The number of rotatable bonds is 3. The number of benzene rings is 1. The molecule has 0 aromatic heterocycles. The first-order valence-electron chi connectivity index (χ1n) is 8.10. The van der Waals surface area contributed by atoms with Crippen LogP contribution in [0.1, 0.15) is 12.5 Å². The lowest BCUT2D eigenvalue weighted by atomic mass is 9.84. The number of carboxylic acid groups (broad SMARTS) is 1. The molecule has 1 fully saturated rings. The molecular weight excluding hydrogens is 330 g/mol. The Hall–Kier alpha value is -2.84. The summed E-state index contributed by atoms with van der Waals surface area (Å²) in [6.45, 7) is 3.11. The van der Waals surface area contributed by atoms with Crippen molar-refractivity contribution in [1.82, 2.24) is 4.90 Å². The van der Waals surface area contributed by atoms with E-state index in [1.807, 2.05) is 4.90 Å². The van der Waals surface area contributed by atoms with E-state index in [9.17, 15) is 24.8 Å². The topological polar surface area (TPSA) is 113 Å². The van der Waals surface area contributed by atoms with Crippen molar-refractivity contribution in [3.63, 3.8) is 0 Å². The third-order valence-corrected chi connectivity index (χ3v) is 4.75. The van der Waals surface area contributed by atoms with Gasteiger partial charge in [0, 0.05) is 37.5 Å². The Balaban J connectivity index is 1.92. The molecule has 1 N–H and O–H groups in total. The SMILES string of the molecule is CCOC(=O)N1CCN2c3ccc([N+](=O)[O-])cc3C[C@@H](C(=O)O)[C@H]2C1. The average Bonchev–Trinajstić information content (AvgIpc) is 2.59. The van der Waals surface area contributed by atoms with E-state index in [1.54, 1.807) is 13.0 Å². The van der Waals surface area contributed by atoms with Gasteiger partial charge in [0.1, 0.15) is 0 Å². The molecule has 0 aliphatic carbocycles. The van der Waals surface area contributed by atoms with Gasteiger partial charge in [0.25, 0.3) is 5.69 Å². The van der Waals surface area contributed by atoms with Crippen LogP contribution < -0.4 is 4.90 Å². The molecule has 1 amide bonds. The summed E-state index contributed by atoms with van der Waals surface area (Å²) in [5, 5.41) is 20.6. The van der Waals surface area contributed by atoms with Crippen LogP contribution in [0.4, 0.5) is 16.2 Å². The molecule has 1 aromatic rings. The number of fused-ring (bicyclic) bond motifs is 3. The number of hydrogen-bond donors (Lipinski definition) is 1. The van der Waals surface area contributed by atoms with Crippen LogP contribution in [-0.2, 0) is 16.0 Å². The largest absolute Gasteiger partial charge is 0.481 e. The molecule has 0 unspecified atom stereocenters. The monoisotopic (exact) mass is 349 g/mol. The van der Waals surface area contributed by atoms with E-state index in [-0.39, 0.29) is 31.3 Å². The van der Waals surface area contributed by atoms with Crippen molar-refractivity contribution < 1.29 is 24.4 Å². The highest BCUT2D eigenvalue weighted by Crippen LogP contribution is 2.37. The Labute approximate surface area is 143 Å². The van der Waals surface area contributed by atoms with Gasteiger partial charge < -0.3 is 19.6 Å². The third-order valence-electron chi connectivity index (χ3n) is 4.75. The Morgan fingerprint density at radius 1 is 1.40 bits per heavy atom. The lowest BCUT2D eigenvalue weighted by molar-refractivity contribution is -0.384. The van der Waals surface area contributed by atoms with Crippen molar-refractivity contribution in [2.24, 2.45) is 5.92 Å². The van der Waals surface area contributed by atoms with E-state index < -0.39 is 22.9 Å². The van der Waals surface area contributed by atoms with Crippen molar-refractivity contribution in [3.05, 3.63) is 33.9 Å². The first-order chi connectivity index (χ1) is 11.9. The van der Waals surface area contributed by atoms with E-state index in [0.29, 0.717) is 18.7 Å². The summed E-state index contributed by atoms with van der Waals surface area (Å²) in [5.41, 5.74) is 1.41. The van der Waals surface area contributed by atoms with Crippen molar-refractivity contribution in [2.45, 2.75) is 19.4 Å². The zero-order chi connectivity index (χ0) is 18.1. The number of carbonyl (C=O) groups is 2.